The largest absolute Gasteiger partial charge is 0.452 e. The third kappa shape index (κ3) is 6.05. The number of amides is 3. The minimum Gasteiger partial charge on any atom is -0.452 e. The second kappa shape index (κ2) is 7.22. The molecular formula is C15H17N3O4. The van der Waals surface area contributed by atoms with Crippen LogP contribution >= 0.6 is 0 Å². The van der Waals surface area contributed by atoms with Crippen LogP contribution in [0.2, 0.25) is 0 Å². The smallest absolute Gasteiger partial charge is 0.338 e. The van der Waals surface area contributed by atoms with E-state index in [1.54, 1.807) is 20.8 Å². The minimum atomic E-state index is -0.733. The Labute approximate surface area is 128 Å². The van der Waals surface area contributed by atoms with Crippen LogP contribution in [0.15, 0.2) is 24.3 Å². The number of ether oxygens (including phenoxy) is 1. The number of hydrogen-bond acceptors (Lipinski definition) is 5. The second-order valence-corrected chi connectivity index (χ2v) is 5.52. The van der Waals surface area contributed by atoms with Crippen molar-refractivity contribution in [1.29, 1.82) is 5.26 Å². The van der Waals surface area contributed by atoms with Crippen LogP contribution in [0.25, 0.3) is 0 Å². The van der Waals surface area contributed by atoms with E-state index in [0.29, 0.717) is 5.56 Å². The molecule has 0 aliphatic rings. The zero-order valence-electron chi connectivity index (χ0n) is 12.6. The Hall–Kier alpha value is -2.88. The van der Waals surface area contributed by atoms with Crippen LogP contribution in [0.5, 0.6) is 0 Å². The summed E-state index contributed by atoms with van der Waals surface area (Å²) in [5.74, 6) is -1.44. The molecule has 0 saturated carbocycles. The first-order chi connectivity index (χ1) is 10.2. The number of nitriles is 1. The molecule has 0 atom stereocenters. The summed E-state index contributed by atoms with van der Waals surface area (Å²) >= 11 is 0. The standard InChI is InChI=1S/C15H17N3O4/c1-15(2,3)18-14(21)17-12(19)9-22-13(20)11-6-4-10(8-16)5-7-11/h4-7H,9H2,1-3H3,(H2,17,18,19,21). The maximum Gasteiger partial charge on any atom is 0.338 e. The van der Waals surface area contributed by atoms with E-state index in [9.17, 15) is 14.4 Å². The third-order valence-electron chi connectivity index (χ3n) is 2.33. The SMILES string of the molecule is CC(C)(C)NC(=O)NC(=O)COC(=O)c1ccc(C#N)cc1. The van der Waals surface area contributed by atoms with Crippen LogP contribution in [-0.4, -0.2) is 30.1 Å². The molecule has 0 aliphatic carbocycles. The Bertz CT molecular complexity index is 609. The Morgan fingerprint density at radius 3 is 2.27 bits per heavy atom. The van der Waals surface area contributed by atoms with Crippen LogP contribution < -0.4 is 10.6 Å². The van der Waals surface area contributed by atoms with Crippen molar-refractivity contribution in [2.24, 2.45) is 0 Å². The highest BCUT2D eigenvalue weighted by Crippen LogP contribution is 2.05. The molecule has 0 saturated heterocycles. The van der Waals surface area contributed by atoms with E-state index in [0.717, 1.165) is 0 Å². The highest BCUT2D eigenvalue weighted by molar-refractivity contribution is 5.97. The lowest BCUT2D eigenvalue weighted by Gasteiger charge is -2.20. The summed E-state index contributed by atoms with van der Waals surface area (Å²) in [7, 11) is 0. The van der Waals surface area contributed by atoms with Gasteiger partial charge >= 0.3 is 12.0 Å². The zero-order valence-corrected chi connectivity index (χ0v) is 12.6. The summed E-state index contributed by atoms with van der Waals surface area (Å²) in [4.78, 5) is 34.6. The molecule has 0 heterocycles. The van der Waals surface area contributed by atoms with Gasteiger partial charge in [-0.3, -0.25) is 10.1 Å². The molecular weight excluding hydrogens is 286 g/mol. The number of esters is 1. The van der Waals surface area contributed by atoms with Crippen molar-refractivity contribution in [3.05, 3.63) is 35.4 Å². The number of imide groups is 1. The number of hydrogen-bond donors (Lipinski definition) is 2. The number of nitrogens with zero attached hydrogens (tertiary/aromatic N) is 1. The predicted octanol–water partition coefficient (Wildman–Crippen LogP) is 1.34. The van der Waals surface area contributed by atoms with E-state index in [4.69, 9.17) is 10.00 Å². The summed E-state index contributed by atoms with van der Waals surface area (Å²) in [6.07, 6.45) is 0. The van der Waals surface area contributed by atoms with Gasteiger partial charge in [0.1, 0.15) is 0 Å². The Kier molecular flexibility index (Phi) is 5.64. The first-order valence-corrected chi connectivity index (χ1v) is 6.50. The normalized spacial score (nSPS) is 10.3. The van der Waals surface area contributed by atoms with Gasteiger partial charge in [0.2, 0.25) is 0 Å². The third-order valence-corrected chi connectivity index (χ3v) is 2.33. The summed E-state index contributed by atoms with van der Waals surface area (Å²) in [5, 5.41) is 13.2. The molecule has 116 valence electrons. The monoisotopic (exact) mass is 303 g/mol. The molecule has 1 rings (SSSR count). The van der Waals surface area contributed by atoms with Gasteiger partial charge in [-0.05, 0) is 45.0 Å². The maximum atomic E-state index is 11.7. The topological polar surface area (TPSA) is 108 Å². The lowest BCUT2D eigenvalue weighted by Crippen LogP contribution is -2.49. The van der Waals surface area contributed by atoms with E-state index < -0.39 is 30.1 Å². The summed E-state index contributed by atoms with van der Waals surface area (Å²) in [6.45, 7) is 4.72. The Morgan fingerprint density at radius 1 is 1.18 bits per heavy atom. The van der Waals surface area contributed by atoms with Crippen LogP contribution in [0, 0.1) is 11.3 Å². The van der Waals surface area contributed by atoms with Crippen LogP contribution in [-0.2, 0) is 9.53 Å². The fourth-order valence-electron chi connectivity index (χ4n) is 1.43. The van der Waals surface area contributed by atoms with Gasteiger partial charge in [-0.25, -0.2) is 9.59 Å². The number of carbonyl (C=O) groups excluding carboxylic acids is 3. The van der Waals surface area contributed by atoms with Crippen LogP contribution in [0.4, 0.5) is 4.79 Å². The molecule has 22 heavy (non-hydrogen) atoms. The van der Waals surface area contributed by atoms with Gasteiger partial charge in [0.05, 0.1) is 17.2 Å². The molecule has 0 unspecified atom stereocenters. The van der Waals surface area contributed by atoms with Crippen LogP contribution in [0.3, 0.4) is 0 Å². The summed E-state index contributed by atoms with van der Waals surface area (Å²) in [6, 6.07) is 7.04. The molecule has 0 spiro atoms. The lowest BCUT2D eigenvalue weighted by atomic mass is 10.1. The number of urea groups is 1. The van der Waals surface area contributed by atoms with E-state index in [1.165, 1.54) is 24.3 Å². The van der Waals surface area contributed by atoms with Gasteiger partial charge in [0.25, 0.3) is 5.91 Å². The maximum absolute atomic E-state index is 11.7. The van der Waals surface area contributed by atoms with Gasteiger partial charge < -0.3 is 10.1 Å². The van der Waals surface area contributed by atoms with Crippen molar-refractivity contribution >= 4 is 17.9 Å². The van der Waals surface area contributed by atoms with Gasteiger partial charge in [-0.2, -0.15) is 5.26 Å². The van der Waals surface area contributed by atoms with Gasteiger partial charge in [0.15, 0.2) is 6.61 Å². The molecule has 7 nitrogen and oxygen atoms in total. The van der Waals surface area contributed by atoms with E-state index in [-0.39, 0.29) is 5.56 Å². The fourth-order valence-corrected chi connectivity index (χ4v) is 1.43. The summed E-state index contributed by atoms with van der Waals surface area (Å²) in [5.41, 5.74) is 0.142. The minimum absolute atomic E-state index is 0.214. The fraction of sp³-hybridized carbons (Fsp3) is 0.333. The van der Waals surface area contributed by atoms with Crippen molar-refractivity contribution in [3.63, 3.8) is 0 Å². The molecule has 3 amide bonds. The molecule has 0 radical (unpaired) electrons. The van der Waals surface area contributed by atoms with Crippen molar-refractivity contribution in [2.75, 3.05) is 6.61 Å². The van der Waals surface area contributed by atoms with Gasteiger partial charge in [0, 0.05) is 5.54 Å². The molecule has 7 heteroatoms. The first-order valence-electron chi connectivity index (χ1n) is 6.50. The zero-order chi connectivity index (χ0) is 16.8. The average molecular weight is 303 g/mol. The van der Waals surface area contributed by atoms with Crippen molar-refractivity contribution in [3.8, 4) is 6.07 Å². The highest BCUT2D eigenvalue weighted by atomic mass is 16.5. The lowest BCUT2D eigenvalue weighted by molar-refractivity contribution is -0.123. The predicted molar refractivity (Wildman–Crippen MR) is 77.9 cm³/mol. The average Bonchev–Trinajstić information content (AvgIpc) is 2.42. The number of nitrogens with one attached hydrogen (secondary N) is 2. The highest BCUT2D eigenvalue weighted by Gasteiger charge is 2.16. The second-order valence-electron chi connectivity index (χ2n) is 5.52. The Balaban J connectivity index is 2.45. The van der Waals surface area contributed by atoms with Crippen molar-refractivity contribution < 1.29 is 19.1 Å². The molecule has 0 bridgehead atoms. The van der Waals surface area contributed by atoms with Gasteiger partial charge in [-0.15, -0.1) is 0 Å². The van der Waals surface area contributed by atoms with Crippen molar-refractivity contribution in [2.45, 2.75) is 26.3 Å². The Morgan fingerprint density at radius 2 is 1.77 bits per heavy atom. The molecule has 1 aromatic rings. The van der Waals surface area contributed by atoms with Gasteiger partial charge in [-0.1, -0.05) is 0 Å². The van der Waals surface area contributed by atoms with E-state index >= 15 is 0 Å². The first kappa shape index (κ1) is 17.2. The van der Waals surface area contributed by atoms with Crippen LogP contribution in [0.1, 0.15) is 36.7 Å². The number of benzene rings is 1. The molecule has 2 N–H and O–H groups in total. The molecule has 0 aromatic heterocycles. The number of rotatable bonds is 3. The van der Waals surface area contributed by atoms with E-state index in [1.807, 2.05) is 6.07 Å². The van der Waals surface area contributed by atoms with E-state index in [2.05, 4.69) is 10.6 Å². The number of carbonyl (C=O) groups is 3. The molecule has 0 aliphatic heterocycles. The molecule has 0 fully saturated rings. The molecule has 1 aromatic carbocycles. The van der Waals surface area contributed by atoms with Crippen molar-refractivity contribution in [1.82, 2.24) is 10.6 Å². The quantitative estimate of drug-likeness (QED) is 0.819. The summed E-state index contributed by atoms with van der Waals surface area (Å²) < 4.78 is 4.78.